The number of hydrogen-bond acceptors (Lipinski definition) is 4. The normalized spacial score (nSPS) is 16.7. The molecule has 3 aromatic rings. The van der Waals surface area contributed by atoms with Crippen molar-refractivity contribution in [2.45, 2.75) is 38.6 Å². The van der Waals surface area contributed by atoms with E-state index in [4.69, 9.17) is 0 Å². The second kappa shape index (κ2) is 8.43. The monoisotopic (exact) mass is 391 g/mol. The largest absolute Gasteiger partial charge is 0.352 e. The average Bonchev–Trinajstić information content (AvgIpc) is 3.17. The van der Waals surface area contributed by atoms with Gasteiger partial charge < -0.3 is 10.2 Å². The zero-order valence-electron chi connectivity index (χ0n) is 16.5. The molecule has 0 saturated carbocycles. The number of aryl methyl sites for hydroxylation is 1. The SMILES string of the molecule is Cc1cnc2c(C(=O)N3CCCC[C@H]3CCNC(=O)c3ccccc3)cnn2c1. The maximum Gasteiger partial charge on any atom is 0.259 e. The fourth-order valence-corrected chi connectivity index (χ4v) is 3.89. The Labute approximate surface area is 169 Å². The third-order valence-electron chi connectivity index (χ3n) is 5.40. The molecule has 1 aromatic carbocycles. The van der Waals surface area contributed by atoms with Crippen molar-refractivity contribution in [1.29, 1.82) is 0 Å². The van der Waals surface area contributed by atoms with E-state index in [2.05, 4.69) is 15.4 Å². The van der Waals surface area contributed by atoms with E-state index in [1.807, 2.05) is 36.2 Å². The third kappa shape index (κ3) is 4.13. The minimum Gasteiger partial charge on any atom is -0.352 e. The molecular weight excluding hydrogens is 366 g/mol. The lowest BCUT2D eigenvalue weighted by Crippen LogP contribution is -2.45. The number of carbonyl (C=O) groups excluding carboxylic acids is 2. The Hall–Kier alpha value is -3.22. The van der Waals surface area contributed by atoms with Gasteiger partial charge in [0.1, 0.15) is 5.56 Å². The molecule has 1 aliphatic heterocycles. The van der Waals surface area contributed by atoms with Crippen LogP contribution in [0.15, 0.2) is 48.9 Å². The molecule has 29 heavy (non-hydrogen) atoms. The highest BCUT2D eigenvalue weighted by Gasteiger charge is 2.29. The van der Waals surface area contributed by atoms with Gasteiger partial charge in [0.2, 0.25) is 0 Å². The predicted molar refractivity (Wildman–Crippen MR) is 110 cm³/mol. The van der Waals surface area contributed by atoms with Gasteiger partial charge in [-0.1, -0.05) is 18.2 Å². The van der Waals surface area contributed by atoms with Gasteiger partial charge >= 0.3 is 0 Å². The summed E-state index contributed by atoms with van der Waals surface area (Å²) in [4.78, 5) is 31.8. The summed E-state index contributed by atoms with van der Waals surface area (Å²) in [6.07, 6.45) is 8.98. The first-order chi connectivity index (χ1) is 14.1. The topological polar surface area (TPSA) is 79.6 Å². The highest BCUT2D eigenvalue weighted by atomic mass is 16.2. The van der Waals surface area contributed by atoms with Crippen LogP contribution in [0.2, 0.25) is 0 Å². The van der Waals surface area contributed by atoms with E-state index < -0.39 is 0 Å². The Morgan fingerprint density at radius 1 is 1.17 bits per heavy atom. The molecule has 0 spiro atoms. The van der Waals surface area contributed by atoms with E-state index >= 15 is 0 Å². The second-order valence-electron chi connectivity index (χ2n) is 7.52. The number of nitrogens with zero attached hydrogens (tertiary/aromatic N) is 4. The summed E-state index contributed by atoms with van der Waals surface area (Å²) < 4.78 is 1.65. The first kappa shape index (κ1) is 19.1. The molecule has 0 unspecified atom stereocenters. The Kier molecular flexibility index (Phi) is 5.55. The predicted octanol–water partition coefficient (Wildman–Crippen LogP) is 2.85. The summed E-state index contributed by atoms with van der Waals surface area (Å²) in [6.45, 7) is 3.20. The van der Waals surface area contributed by atoms with Crippen LogP contribution in [-0.2, 0) is 0 Å². The molecule has 0 aliphatic carbocycles. The molecule has 1 aliphatic rings. The molecule has 1 N–H and O–H groups in total. The van der Waals surface area contributed by atoms with E-state index in [9.17, 15) is 9.59 Å². The number of hydrogen-bond donors (Lipinski definition) is 1. The van der Waals surface area contributed by atoms with Gasteiger partial charge in [-0.25, -0.2) is 9.50 Å². The molecule has 1 saturated heterocycles. The standard InChI is InChI=1S/C22H25N5O2/c1-16-13-24-20-19(14-25-27(20)15-16)22(29)26-12-6-5-9-18(26)10-11-23-21(28)17-7-3-2-4-8-17/h2-4,7-8,13-15,18H,5-6,9-12H2,1H3,(H,23,28)/t18-/m0/s1. The van der Waals surface area contributed by atoms with E-state index in [0.717, 1.165) is 37.8 Å². The number of piperidine rings is 1. The van der Waals surface area contributed by atoms with Crippen molar-refractivity contribution in [3.8, 4) is 0 Å². The number of rotatable bonds is 5. The summed E-state index contributed by atoms with van der Waals surface area (Å²) in [5, 5.41) is 7.26. The van der Waals surface area contributed by atoms with Gasteiger partial charge in [0.15, 0.2) is 5.65 Å². The van der Waals surface area contributed by atoms with Crippen LogP contribution in [0.25, 0.3) is 5.65 Å². The molecule has 3 heterocycles. The van der Waals surface area contributed by atoms with Crippen molar-refractivity contribution >= 4 is 17.5 Å². The maximum absolute atomic E-state index is 13.2. The van der Waals surface area contributed by atoms with Crippen LogP contribution in [0.3, 0.4) is 0 Å². The van der Waals surface area contributed by atoms with Crippen LogP contribution in [0.1, 0.15) is 52.0 Å². The van der Waals surface area contributed by atoms with Crippen molar-refractivity contribution in [3.63, 3.8) is 0 Å². The molecule has 4 rings (SSSR count). The lowest BCUT2D eigenvalue weighted by atomic mass is 9.98. The molecule has 2 amide bonds. The summed E-state index contributed by atoms with van der Waals surface area (Å²) in [5.74, 6) is -0.114. The average molecular weight is 391 g/mol. The van der Waals surface area contributed by atoms with E-state index in [-0.39, 0.29) is 17.9 Å². The first-order valence-electron chi connectivity index (χ1n) is 10.1. The van der Waals surface area contributed by atoms with Gasteiger partial charge in [0.05, 0.1) is 6.20 Å². The van der Waals surface area contributed by atoms with E-state index in [0.29, 0.717) is 23.3 Å². The minimum atomic E-state index is -0.0820. The Bertz CT molecular complexity index is 1010. The van der Waals surface area contributed by atoms with Gasteiger partial charge in [-0.05, 0) is 50.3 Å². The number of likely N-dealkylation sites (tertiary alicyclic amines) is 1. The van der Waals surface area contributed by atoms with Crippen molar-refractivity contribution < 1.29 is 9.59 Å². The number of amides is 2. The molecule has 7 nitrogen and oxygen atoms in total. The van der Waals surface area contributed by atoms with Crippen molar-refractivity contribution in [2.24, 2.45) is 0 Å². The summed E-state index contributed by atoms with van der Waals surface area (Å²) >= 11 is 0. The minimum absolute atomic E-state index is 0.0320. The molecule has 1 fully saturated rings. The van der Waals surface area contributed by atoms with Crippen LogP contribution in [0, 0.1) is 6.92 Å². The molecule has 0 bridgehead atoms. The van der Waals surface area contributed by atoms with Gasteiger partial charge in [-0.3, -0.25) is 9.59 Å². The molecule has 0 radical (unpaired) electrons. The van der Waals surface area contributed by atoms with Crippen molar-refractivity contribution in [2.75, 3.05) is 13.1 Å². The van der Waals surface area contributed by atoms with Crippen molar-refractivity contribution in [1.82, 2.24) is 24.8 Å². The first-order valence-corrected chi connectivity index (χ1v) is 10.1. The Morgan fingerprint density at radius 3 is 2.83 bits per heavy atom. The fourth-order valence-electron chi connectivity index (χ4n) is 3.89. The maximum atomic E-state index is 13.2. The third-order valence-corrected chi connectivity index (χ3v) is 5.40. The van der Waals surface area contributed by atoms with Crippen molar-refractivity contribution in [3.05, 3.63) is 65.6 Å². The highest BCUT2D eigenvalue weighted by Crippen LogP contribution is 2.23. The van der Waals surface area contributed by atoms with E-state index in [1.165, 1.54) is 0 Å². The smallest absolute Gasteiger partial charge is 0.259 e. The number of aromatic nitrogens is 3. The van der Waals surface area contributed by atoms with Crippen LogP contribution in [-0.4, -0.2) is 50.4 Å². The highest BCUT2D eigenvalue weighted by molar-refractivity contribution is 5.99. The summed E-state index contributed by atoms with van der Waals surface area (Å²) in [5.41, 5.74) is 2.76. The van der Waals surface area contributed by atoms with Gasteiger partial charge in [-0.15, -0.1) is 0 Å². The Balaban J connectivity index is 1.43. The van der Waals surface area contributed by atoms with Crippen LogP contribution in [0.4, 0.5) is 0 Å². The van der Waals surface area contributed by atoms with Gasteiger partial charge in [-0.2, -0.15) is 5.10 Å². The number of benzene rings is 1. The second-order valence-corrected chi connectivity index (χ2v) is 7.52. The molecule has 7 heteroatoms. The Morgan fingerprint density at radius 2 is 2.00 bits per heavy atom. The van der Waals surface area contributed by atoms with Gasteiger partial charge in [0, 0.05) is 37.1 Å². The quantitative estimate of drug-likeness (QED) is 0.725. The number of fused-ring (bicyclic) bond motifs is 1. The summed E-state index contributed by atoms with van der Waals surface area (Å²) in [7, 11) is 0. The molecule has 2 aromatic heterocycles. The van der Waals surface area contributed by atoms with Crippen LogP contribution in [0.5, 0.6) is 0 Å². The fraction of sp³-hybridized carbons (Fsp3) is 0.364. The van der Waals surface area contributed by atoms with Crippen LogP contribution < -0.4 is 5.32 Å². The number of nitrogens with one attached hydrogen (secondary N) is 1. The summed E-state index contributed by atoms with van der Waals surface area (Å²) in [6, 6.07) is 9.29. The zero-order chi connectivity index (χ0) is 20.2. The lowest BCUT2D eigenvalue weighted by Gasteiger charge is -2.35. The van der Waals surface area contributed by atoms with Gasteiger partial charge in [0.25, 0.3) is 11.8 Å². The zero-order valence-corrected chi connectivity index (χ0v) is 16.5. The number of carbonyl (C=O) groups is 2. The van der Waals surface area contributed by atoms with E-state index in [1.54, 1.807) is 29.0 Å². The lowest BCUT2D eigenvalue weighted by molar-refractivity contribution is 0.0603. The molecule has 1 atom stereocenters. The molecular formula is C22H25N5O2. The van der Waals surface area contributed by atoms with Crippen LogP contribution >= 0.6 is 0 Å². The molecule has 150 valence electrons.